The highest BCUT2D eigenvalue weighted by molar-refractivity contribution is 6.23. The van der Waals surface area contributed by atoms with E-state index in [1.165, 1.54) is 0 Å². The Kier molecular flexibility index (Phi) is 4.99. The van der Waals surface area contributed by atoms with Gasteiger partial charge in [-0.05, 0) is 24.3 Å². The first kappa shape index (κ1) is 22.5. The smallest absolute Gasteiger partial charge is 0.238 e. The van der Waals surface area contributed by atoms with Crippen molar-refractivity contribution in [2.45, 2.75) is 0 Å². The molecule has 0 aliphatic rings. The van der Waals surface area contributed by atoms with Gasteiger partial charge < -0.3 is 4.57 Å². The normalized spacial score (nSPS) is 12.3. The monoisotopic (exact) mass is 565 g/mol. The summed E-state index contributed by atoms with van der Waals surface area (Å²) in [6.45, 7) is 0. The summed E-state index contributed by atoms with van der Waals surface area (Å²) in [5, 5.41) is 3.96. The molecule has 0 unspecified atom stereocenters. The summed E-state index contributed by atoms with van der Waals surface area (Å²) in [5.74, 6) is 1.64. The van der Waals surface area contributed by atoms with Gasteiger partial charge in [-0.3, -0.25) is 4.57 Å². The first-order valence-electron chi connectivity index (χ1n) is 15.6. The Balaban J connectivity index is 1.49. The van der Waals surface area contributed by atoms with Crippen LogP contribution in [-0.2, 0) is 0 Å². The molecule has 44 heavy (non-hydrogen) atoms. The second-order valence-corrected chi connectivity index (χ2v) is 10.8. The zero-order chi connectivity index (χ0) is 30.8. The molecule has 0 N–H and O–H groups in total. The molecule has 0 fully saturated rings. The number of fused-ring (bicyclic) bond motifs is 7. The van der Waals surface area contributed by atoms with Crippen molar-refractivity contribution >= 4 is 43.6 Å². The third kappa shape index (κ3) is 3.69. The van der Waals surface area contributed by atoms with Gasteiger partial charge >= 0.3 is 0 Å². The Morgan fingerprint density at radius 3 is 1.43 bits per heavy atom. The summed E-state index contributed by atoms with van der Waals surface area (Å²) in [7, 11) is 0. The lowest BCUT2D eigenvalue weighted by Gasteiger charge is -2.13. The fourth-order valence-corrected chi connectivity index (χ4v) is 6.32. The lowest BCUT2D eigenvalue weighted by Crippen LogP contribution is -2.07. The number of hydrogen-bond donors (Lipinski definition) is 0. The fourth-order valence-electron chi connectivity index (χ4n) is 6.32. The minimum Gasteiger partial charge on any atom is -0.307 e. The van der Waals surface area contributed by atoms with Crippen LogP contribution in [0.1, 0.15) is 2.74 Å². The average Bonchev–Trinajstić information content (AvgIpc) is 3.61. The zero-order valence-corrected chi connectivity index (χ0v) is 23.5. The first-order chi connectivity index (χ1) is 22.6. The molecule has 0 radical (unpaired) electrons. The molecule has 0 aliphatic carbocycles. The Morgan fingerprint density at radius 1 is 0.409 bits per heavy atom. The van der Waals surface area contributed by atoms with Crippen molar-refractivity contribution in [1.29, 1.82) is 0 Å². The van der Waals surface area contributed by atoms with E-state index in [2.05, 4.69) is 33.4 Å². The van der Waals surface area contributed by atoms with Crippen LogP contribution in [0.5, 0.6) is 0 Å². The Labute approximate surface area is 256 Å². The molecule has 6 aromatic carbocycles. The number of nitrogens with zero attached hydrogens (tertiary/aromatic N) is 5. The van der Waals surface area contributed by atoms with E-state index in [0.29, 0.717) is 29.7 Å². The number of rotatable bonds is 4. The van der Waals surface area contributed by atoms with Crippen molar-refractivity contribution in [3.05, 3.63) is 152 Å². The van der Waals surface area contributed by atoms with E-state index in [9.17, 15) is 0 Å². The highest BCUT2D eigenvalue weighted by Crippen LogP contribution is 2.41. The first-order valence-corrected chi connectivity index (χ1v) is 14.6. The van der Waals surface area contributed by atoms with Crippen molar-refractivity contribution in [2.75, 3.05) is 0 Å². The second-order valence-electron chi connectivity index (χ2n) is 10.8. The van der Waals surface area contributed by atoms with Crippen LogP contribution in [0.3, 0.4) is 0 Å². The average molecular weight is 566 g/mol. The van der Waals surface area contributed by atoms with Gasteiger partial charge in [0.1, 0.15) is 0 Å². The number of hydrogen-bond acceptors (Lipinski definition) is 3. The van der Waals surface area contributed by atoms with Crippen LogP contribution in [0, 0.1) is 0 Å². The molecule has 0 saturated carbocycles. The van der Waals surface area contributed by atoms with Crippen LogP contribution >= 0.6 is 0 Å². The summed E-state index contributed by atoms with van der Waals surface area (Å²) in [4.78, 5) is 15.2. The van der Waals surface area contributed by atoms with Gasteiger partial charge in [-0.15, -0.1) is 0 Å². The fraction of sp³-hybridized carbons (Fsp3) is 0. The summed E-state index contributed by atoms with van der Waals surface area (Å²) < 4.78 is 21.4. The maximum absolute atomic E-state index is 8.53. The van der Waals surface area contributed by atoms with Crippen molar-refractivity contribution in [2.24, 2.45) is 0 Å². The van der Waals surface area contributed by atoms with Gasteiger partial charge in [-0.25, -0.2) is 4.98 Å². The number of aromatic nitrogens is 5. The molecule has 3 heterocycles. The molecule has 5 heteroatoms. The minimum atomic E-state index is 0.430. The van der Waals surface area contributed by atoms with Crippen LogP contribution in [0.25, 0.3) is 78.0 Å². The van der Waals surface area contributed by atoms with E-state index in [1.54, 1.807) is 0 Å². The minimum absolute atomic E-state index is 0.430. The standard InChI is InChI=1S/C39H25N5/c1-4-14-26(15-5-1)37-40-38(27-16-6-2-7-17-27)42-39(41-37)44-34-23-13-11-21-30(34)32-25-24-31-29-20-10-12-22-33(29)43(35(31)36(32)44)28-18-8-3-9-19-28/h1-25H/i10D,11D. The van der Waals surface area contributed by atoms with Gasteiger partial charge in [0, 0.05) is 38.4 Å². The molecule has 0 aliphatic heterocycles. The van der Waals surface area contributed by atoms with E-state index >= 15 is 0 Å². The van der Waals surface area contributed by atoms with Crippen molar-refractivity contribution in [1.82, 2.24) is 24.1 Å². The maximum atomic E-state index is 8.53. The van der Waals surface area contributed by atoms with Gasteiger partial charge in [0.05, 0.1) is 24.8 Å². The van der Waals surface area contributed by atoms with Gasteiger partial charge in [0.25, 0.3) is 0 Å². The third-order valence-corrected chi connectivity index (χ3v) is 8.24. The summed E-state index contributed by atoms with van der Waals surface area (Å²) in [6, 6.07) is 46.9. The molecular weight excluding hydrogens is 538 g/mol. The Bertz CT molecular complexity index is 2530. The van der Waals surface area contributed by atoms with Gasteiger partial charge in [-0.1, -0.05) is 127 Å². The molecule has 9 rings (SSSR count). The quantitative estimate of drug-likeness (QED) is 0.214. The zero-order valence-electron chi connectivity index (χ0n) is 25.5. The number of para-hydroxylation sites is 3. The van der Waals surface area contributed by atoms with E-state index in [0.717, 1.165) is 60.4 Å². The predicted octanol–water partition coefficient (Wildman–Crippen LogP) is 9.40. The highest BCUT2D eigenvalue weighted by Gasteiger charge is 2.23. The summed E-state index contributed by atoms with van der Waals surface area (Å²) >= 11 is 0. The molecule has 0 spiro atoms. The van der Waals surface area contributed by atoms with Crippen LogP contribution in [-0.4, -0.2) is 24.1 Å². The van der Waals surface area contributed by atoms with Gasteiger partial charge in [0.2, 0.25) is 5.95 Å². The van der Waals surface area contributed by atoms with Gasteiger partial charge in [-0.2, -0.15) is 9.97 Å². The molecule has 3 aromatic heterocycles. The van der Waals surface area contributed by atoms with Gasteiger partial charge in [0.15, 0.2) is 11.6 Å². The largest absolute Gasteiger partial charge is 0.307 e. The number of benzene rings is 6. The molecule has 0 atom stereocenters. The van der Waals surface area contributed by atoms with Crippen LogP contribution < -0.4 is 0 Å². The van der Waals surface area contributed by atoms with E-state index in [-0.39, 0.29) is 0 Å². The summed E-state index contributed by atoms with van der Waals surface area (Å²) in [6.07, 6.45) is 0. The van der Waals surface area contributed by atoms with Crippen LogP contribution in [0.2, 0.25) is 0 Å². The highest BCUT2D eigenvalue weighted by atomic mass is 15.2. The third-order valence-electron chi connectivity index (χ3n) is 8.24. The summed E-state index contributed by atoms with van der Waals surface area (Å²) in [5.41, 5.74) is 6.61. The van der Waals surface area contributed by atoms with Crippen molar-refractivity contribution in [3.63, 3.8) is 0 Å². The lowest BCUT2D eigenvalue weighted by molar-refractivity contribution is 0.953. The van der Waals surface area contributed by atoms with Crippen molar-refractivity contribution < 1.29 is 2.74 Å². The maximum Gasteiger partial charge on any atom is 0.238 e. The molecule has 0 bridgehead atoms. The van der Waals surface area contributed by atoms with Crippen LogP contribution in [0.15, 0.2) is 152 Å². The van der Waals surface area contributed by atoms with E-state index in [1.807, 2.05) is 115 Å². The molecule has 9 aromatic rings. The molecule has 0 amide bonds. The molecule has 0 saturated heterocycles. The Hall–Kier alpha value is -6.07. The van der Waals surface area contributed by atoms with Crippen LogP contribution in [0.4, 0.5) is 0 Å². The molecular formula is C39H25N5. The van der Waals surface area contributed by atoms with E-state index in [4.69, 9.17) is 17.7 Å². The SMILES string of the molecule is [2H]c1ccc2c(c1)c1ccc3c4cc([2H])ccc4n(-c4nc(-c5ccccc5)nc(-c5ccccc5)n4)c3c1n2-c1ccccc1. The van der Waals surface area contributed by atoms with E-state index < -0.39 is 0 Å². The predicted molar refractivity (Wildman–Crippen MR) is 179 cm³/mol. The molecule has 206 valence electrons. The molecule has 5 nitrogen and oxygen atoms in total. The van der Waals surface area contributed by atoms with Crippen molar-refractivity contribution in [3.8, 4) is 34.4 Å². The Morgan fingerprint density at radius 2 is 0.886 bits per heavy atom. The second kappa shape index (κ2) is 9.75. The lowest BCUT2D eigenvalue weighted by atomic mass is 10.1. The topological polar surface area (TPSA) is 48.5 Å².